The Hall–Kier alpha value is -1.63. The lowest BCUT2D eigenvalue weighted by atomic mass is 10.2. The maximum absolute atomic E-state index is 12.3. The number of halogens is 2. The molecule has 2 rings (SSSR count). The van der Waals surface area contributed by atoms with Gasteiger partial charge in [-0.2, -0.15) is 0 Å². The third kappa shape index (κ3) is 5.70. The summed E-state index contributed by atoms with van der Waals surface area (Å²) in [5.74, 6) is 0.369. The van der Waals surface area contributed by atoms with Gasteiger partial charge in [0.05, 0.1) is 10.6 Å². The Labute approximate surface area is 166 Å². The van der Waals surface area contributed by atoms with Crippen LogP contribution < -0.4 is 15.4 Å². The first-order valence-corrected chi connectivity index (χ1v) is 9.19. The standard InChI is InChI=1S/C18H18BrClN2O2S/c1-10(2)24-16-7-5-12(8-14(16)19)17(23)22-18(25)21-13-6-4-11(3)15(20)9-13/h4-10H,1-3H3,(H2,21,22,23,25). The Balaban J connectivity index is 2.02. The number of carbonyl (C=O) groups excluding carboxylic acids is 1. The lowest BCUT2D eigenvalue weighted by molar-refractivity contribution is 0.0977. The first kappa shape index (κ1) is 19.7. The number of anilines is 1. The molecule has 0 heterocycles. The van der Waals surface area contributed by atoms with Crippen LogP contribution in [0, 0.1) is 6.92 Å². The number of nitrogens with one attached hydrogen (secondary N) is 2. The van der Waals surface area contributed by atoms with Crippen LogP contribution in [0.15, 0.2) is 40.9 Å². The second-order valence-electron chi connectivity index (χ2n) is 5.68. The van der Waals surface area contributed by atoms with Gasteiger partial charge in [0.15, 0.2) is 5.11 Å². The fourth-order valence-electron chi connectivity index (χ4n) is 2.00. The minimum Gasteiger partial charge on any atom is -0.490 e. The molecule has 0 saturated heterocycles. The van der Waals surface area contributed by atoms with E-state index < -0.39 is 0 Å². The van der Waals surface area contributed by atoms with Gasteiger partial charge in [0.2, 0.25) is 0 Å². The van der Waals surface area contributed by atoms with Gasteiger partial charge in [-0.3, -0.25) is 10.1 Å². The van der Waals surface area contributed by atoms with Crippen molar-refractivity contribution >= 4 is 56.5 Å². The van der Waals surface area contributed by atoms with Crippen molar-refractivity contribution in [1.29, 1.82) is 0 Å². The number of carbonyl (C=O) groups is 1. The molecule has 0 bridgehead atoms. The van der Waals surface area contributed by atoms with Crippen molar-refractivity contribution in [2.24, 2.45) is 0 Å². The summed E-state index contributed by atoms with van der Waals surface area (Å²) in [5, 5.41) is 6.41. The number of amides is 1. The highest BCUT2D eigenvalue weighted by molar-refractivity contribution is 9.10. The summed E-state index contributed by atoms with van der Waals surface area (Å²) in [5.41, 5.74) is 2.15. The summed E-state index contributed by atoms with van der Waals surface area (Å²) >= 11 is 14.7. The Bertz CT molecular complexity index is 812. The maximum atomic E-state index is 12.3. The van der Waals surface area contributed by atoms with E-state index in [1.54, 1.807) is 24.3 Å². The summed E-state index contributed by atoms with van der Waals surface area (Å²) in [6.07, 6.45) is 0.0501. The van der Waals surface area contributed by atoms with Crippen LogP contribution in [-0.4, -0.2) is 17.1 Å². The van der Waals surface area contributed by atoms with E-state index in [2.05, 4.69) is 26.6 Å². The number of rotatable bonds is 4. The molecule has 0 aliphatic rings. The van der Waals surface area contributed by atoms with E-state index >= 15 is 0 Å². The zero-order valence-electron chi connectivity index (χ0n) is 14.0. The number of hydrogen-bond donors (Lipinski definition) is 2. The first-order valence-electron chi connectivity index (χ1n) is 7.61. The van der Waals surface area contributed by atoms with Gasteiger partial charge in [-0.25, -0.2) is 0 Å². The molecule has 4 nitrogen and oxygen atoms in total. The van der Waals surface area contributed by atoms with Crippen molar-refractivity contribution in [1.82, 2.24) is 5.32 Å². The molecule has 0 aliphatic carbocycles. The summed E-state index contributed by atoms with van der Waals surface area (Å²) in [4.78, 5) is 12.3. The number of ether oxygens (including phenoxy) is 1. The topological polar surface area (TPSA) is 50.4 Å². The van der Waals surface area contributed by atoms with E-state index in [1.807, 2.05) is 32.9 Å². The van der Waals surface area contributed by atoms with Gasteiger partial charge in [0, 0.05) is 16.3 Å². The SMILES string of the molecule is Cc1ccc(NC(=S)NC(=O)c2ccc(OC(C)C)c(Br)c2)cc1Cl. The molecule has 0 unspecified atom stereocenters. The second kappa shape index (κ2) is 8.65. The molecule has 0 saturated carbocycles. The molecule has 2 aromatic rings. The Morgan fingerprint density at radius 2 is 1.96 bits per heavy atom. The Kier molecular flexibility index (Phi) is 6.81. The van der Waals surface area contributed by atoms with Gasteiger partial charge < -0.3 is 10.1 Å². The fourth-order valence-corrected chi connectivity index (χ4v) is 2.86. The van der Waals surface area contributed by atoms with Crippen LogP contribution in [0.4, 0.5) is 5.69 Å². The highest BCUT2D eigenvalue weighted by atomic mass is 79.9. The van der Waals surface area contributed by atoms with Gasteiger partial charge in [0.1, 0.15) is 5.75 Å². The molecule has 0 fully saturated rings. The molecule has 2 aromatic carbocycles. The van der Waals surface area contributed by atoms with Crippen molar-refractivity contribution in [2.45, 2.75) is 26.9 Å². The number of benzene rings is 2. The molecule has 1 amide bonds. The van der Waals surface area contributed by atoms with Crippen LogP contribution in [-0.2, 0) is 0 Å². The van der Waals surface area contributed by atoms with Crippen LogP contribution in [0.1, 0.15) is 29.8 Å². The summed E-state index contributed by atoms with van der Waals surface area (Å²) in [6.45, 7) is 5.79. The highest BCUT2D eigenvalue weighted by Gasteiger charge is 2.12. The van der Waals surface area contributed by atoms with Gasteiger partial charge in [-0.1, -0.05) is 17.7 Å². The number of thiocarbonyl (C=S) groups is 1. The lowest BCUT2D eigenvalue weighted by Gasteiger charge is -2.13. The van der Waals surface area contributed by atoms with Crippen molar-refractivity contribution in [2.75, 3.05) is 5.32 Å². The Morgan fingerprint density at radius 1 is 1.24 bits per heavy atom. The van der Waals surface area contributed by atoms with Crippen LogP contribution in [0.5, 0.6) is 5.75 Å². The molecule has 0 radical (unpaired) electrons. The monoisotopic (exact) mass is 440 g/mol. The molecular formula is C18H18BrClN2O2S. The van der Waals surface area contributed by atoms with Crippen molar-refractivity contribution in [3.63, 3.8) is 0 Å². The zero-order chi connectivity index (χ0) is 18.6. The number of hydrogen-bond acceptors (Lipinski definition) is 3. The molecule has 25 heavy (non-hydrogen) atoms. The van der Waals surface area contributed by atoms with Crippen LogP contribution in [0.3, 0.4) is 0 Å². The van der Waals surface area contributed by atoms with Gasteiger partial charge in [0.25, 0.3) is 5.91 Å². The third-order valence-electron chi connectivity index (χ3n) is 3.21. The molecule has 0 atom stereocenters. The average molecular weight is 442 g/mol. The third-order valence-corrected chi connectivity index (χ3v) is 4.44. The van der Waals surface area contributed by atoms with E-state index in [0.717, 1.165) is 5.56 Å². The fraction of sp³-hybridized carbons (Fsp3) is 0.222. The Morgan fingerprint density at radius 3 is 2.56 bits per heavy atom. The molecule has 7 heteroatoms. The highest BCUT2D eigenvalue weighted by Crippen LogP contribution is 2.27. The van der Waals surface area contributed by atoms with Crippen molar-refractivity contribution < 1.29 is 9.53 Å². The summed E-state index contributed by atoms with van der Waals surface area (Å²) < 4.78 is 6.34. The largest absolute Gasteiger partial charge is 0.490 e. The average Bonchev–Trinajstić information content (AvgIpc) is 2.52. The summed E-state index contributed by atoms with van der Waals surface area (Å²) in [6, 6.07) is 10.6. The quantitative estimate of drug-likeness (QED) is 0.630. The van der Waals surface area contributed by atoms with E-state index in [1.165, 1.54) is 0 Å². The predicted molar refractivity (Wildman–Crippen MR) is 110 cm³/mol. The second-order valence-corrected chi connectivity index (χ2v) is 7.35. The zero-order valence-corrected chi connectivity index (χ0v) is 17.2. The van der Waals surface area contributed by atoms with E-state index in [4.69, 9.17) is 28.6 Å². The normalized spacial score (nSPS) is 10.5. The van der Waals surface area contributed by atoms with Crippen molar-refractivity contribution in [3.8, 4) is 5.75 Å². The maximum Gasteiger partial charge on any atom is 0.257 e. The molecular weight excluding hydrogens is 424 g/mol. The van der Waals surface area contributed by atoms with Gasteiger partial charge in [-0.15, -0.1) is 0 Å². The molecule has 0 spiro atoms. The van der Waals surface area contributed by atoms with Crippen LogP contribution in [0.25, 0.3) is 0 Å². The summed E-state index contributed by atoms with van der Waals surface area (Å²) in [7, 11) is 0. The van der Waals surface area contributed by atoms with Gasteiger partial charge >= 0.3 is 0 Å². The first-order chi connectivity index (χ1) is 11.8. The van der Waals surface area contributed by atoms with E-state index in [-0.39, 0.29) is 17.1 Å². The smallest absolute Gasteiger partial charge is 0.257 e. The molecule has 2 N–H and O–H groups in total. The van der Waals surface area contributed by atoms with Crippen molar-refractivity contribution in [3.05, 3.63) is 57.0 Å². The van der Waals surface area contributed by atoms with E-state index in [0.29, 0.717) is 26.5 Å². The predicted octanol–water partition coefficient (Wildman–Crippen LogP) is 5.32. The lowest BCUT2D eigenvalue weighted by Crippen LogP contribution is -2.34. The van der Waals surface area contributed by atoms with Crippen LogP contribution in [0.2, 0.25) is 5.02 Å². The molecule has 0 aliphatic heterocycles. The van der Waals surface area contributed by atoms with E-state index in [9.17, 15) is 4.79 Å². The minimum absolute atomic E-state index is 0.0501. The molecule has 132 valence electrons. The minimum atomic E-state index is -0.312. The molecule has 0 aromatic heterocycles. The number of aryl methyl sites for hydroxylation is 1. The van der Waals surface area contributed by atoms with Crippen LogP contribution >= 0.6 is 39.7 Å². The van der Waals surface area contributed by atoms with Gasteiger partial charge in [-0.05, 0) is 84.8 Å².